The molecule has 0 aromatic heterocycles. The monoisotopic (exact) mass is 285 g/mol. The van der Waals surface area contributed by atoms with Gasteiger partial charge in [0.15, 0.2) is 0 Å². The molecule has 0 aliphatic carbocycles. The first-order chi connectivity index (χ1) is 9.20. The van der Waals surface area contributed by atoms with Crippen LogP contribution in [0.1, 0.15) is 40.0 Å². The summed E-state index contributed by atoms with van der Waals surface area (Å²) in [7, 11) is 1.44. The summed E-state index contributed by atoms with van der Waals surface area (Å²) in [6.07, 6.45) is 2.88. The Kier molecular flexibility index (Phi) is 5.42. The summed E-state index contributed by atoms with van der Waals surface area (Å²) in [6, 6.07) is -0.946. The van der Waals surface area contributed by atoms with Crippen LogP contribution in [0.3, 0.4) is 0 Å². The van der Waals surface area contributed by atoms with Gasteiger partial charge in [0.25, 0.3) is 0 Å². The van der Waals surface area contributed by atoms with E-state index in [2.05, 4.69) is 0 Å². The van der Waals surface area contributed by atoms with Crippen molar-refractivity contribution in [3.63, 3.8) is 0 Å². The molecule has 6 nitrogen and oxygen atoms in total. The lowest BCUT2D eigenvalue weighted by molar-refractivity contribution is -0.142. The molecular weight excluding hydrogens is 262 g/mol. The van der Waals surface area contributed by atoms with E-state index in [0.717, 1.165) is 23.3 Å². The Morgan fingerprint density at radius 1 is 1.50 bits per heavy atom. The minimum Gasteiger partial charge on any atom is -0.501 e. The first-order valence-corrected chi connectivity index (χ1v) is 6.69. The van der Waals surface area contributed by atoms with Gasteiger partial charge in [-0.15, -0.1) is 0 Å². The molecule has 1 unspecified atom stereocenters. The quantitative estimate of drug-likeness (QED) is 0.858. The van der Waals surface area contributed by atoms with Crippen molar-refractivity contribution in [2.45, 2.75) is 51.7 Å². The van der Waals surface area contributed by atoms with Crippen LogP contribution in [0.2, 0.25) is 0 Å². The third kappa shape index (κ3) is 5.11. The van der Waals surface area contributed by atoms with Crippen LogP contribution in [0.5, 0.6) is 0 Å². The maximum atomic E-state index is 11.9. The van der Waals surface area contributed by atoms with Crippen LogP contribution in [-0.4, -0.2) is 47.4 Å². The van der Waals surface area contributed by atoms with Gasteiger partial charge in [0, 0.05) is 13.5 Å². The Labute approximate surface area is 119 Å². The highest BCUT2D eigenvalue weighted by Crippen LogP contribution is 2.21. The smallest absolute Gasteiger partial charge is 0.410 e. The molecular formula is C14H23NO5. The van der Waals surface area contributed by atoms with E-state index < -0.39 is 23.7 Å². The van der Waals surface area contributed by atoms with Crippen molar-refractivity contribution >= 4 is 12.1 Å². The highest BCUT2D eigenvalue weighted by atomic mass is 16.6. The molecule has 20 heavy (non-hydrogen) atoms. The molecule has 0 radical (unpaired) electrons. The highest BCUT2D eigenvalue weighted by Gasteiger charge is 2.31. The second-order valence-electron chi connectivity index (χ2n) is 5.90. The Hall–Kier alpha value is -1.72. The molecule has 0 spiro atoms. The van der Waals surface area contributed by atoms with Gasteiger partial charge in [-0.1, -0.05) is 0 Å². The fraction of sp³-hybridized carbons (Fsp3) is 0.714. The van der Waals surface area contributed by atoms with Crippen LogP contribution in [0.25, 0.3) is 0 Å². The number of carbonyl (C=O) groups excluding carboxylic acids is 1. The molecule has 1 atom stereocenters. The Morgan fingerprint density at radius 2 is 2.15 bits per heavy atom. The maximum Gasteiger partial charge on any atom is 0.410 e. The van der Waals surface area contributed by atoms with E-state index in [1.807, 2.05) is 0 Å². The molecule has 0 aromatic rings. The summed E-state index contributed by atoms with van der Waals surface area (Å²) in [5.41, 5.74) is 0.251. The van der Waals surface area contributed by atoms with Crippen molar-refractivity contribution in [2.24, 2.45) is 0 Å². The first-order valence-electron chi connectivity index (χ1n) is 6.69. The highest BCUT2D eigenvalue weighted by molar-refractivity contribution is 5.80. The third-order valence-corrected chi connectivity index (χ3v) is 2.90. The molecule has 1 amide bonds. The molecule has 1 aliphatic rings. The Balaban J connectivity index is 2.72. The van der Waals surface area contributed by atoms with Gasteiger partial charge in [0.05, 0.1) is 12.9 Å². The van der Waals surface area contributed by atoms with Gasteiger partial charge in [0.2, 0.25) is 0 Å². The second kappa shape index (κ2) is 6.63. The Morgan fingerprint density at radius 3 is 2.60 bits per heavy atom. The van der Waals surface area contributed by atoms with Crippen LogP contribution in [-0.2, 0) is 14.3 Å². The number of carboxylic acids is 1. The van der Waals surface area contributed by atoms with E-state index in [9.17, 15) is 14.7 Å². The fourth-order valence-corrected chi connectivity index (χ4v) is 1.87. The summed E-state index contributed by atoms with van der Waals surface area (Å²) in [5, 5.41) is 9.30. The molecule has 0 fully saturated rings. The van der Waals surface area contributed by atoms with Crippen LogP contribution in [0.15, 0.2) is 11.8 Å². The van der Waals surface area contributed by atoms with Crippen molar-refractivity contribution < 1.29 is 24.2 Å². The predicted molar refractivity (Wildman–Crippen MR) is 73.3 cm³/mol. The lowest BCUT2D eigenvalue weighted by Crippen LogP contribution is -2.45. The van der Waals surface area contributed by atoms with E-state index in [1.165, 1.54) is 7.05 Å². The van der Waals surface area contributed by atoms with E-state index in [4.69, 9.17) is 9.47 Å². The molecule has 0 saturated heterocycles. The number of carboxylic acid groups (broad SMARTS) is 1. The van der Waals surface area contributed by atoms with Crippen molar-refractivity contribution in [3.05, 3.63) is 11.8 Å². The van der Waals surface area contributed by atoms with Gasteiger partial charge >= 0.3 is 12.1 Å². The van der Waals surface area contributed by atoms with Gasteiger partial charge < -0.3 is 14.6 Å². The number of aliphatic carboxylic acids is 1. The molecule has 0 aromatic carbocycles. The first kappa shape index (κ1) is 16.3. The van der Waals surface area contributed by atoms with Gasteiger partial charge in [0.1, 0.15) is 11.6 Å². The lowest BCUT2D eigenvalue weighted by atomic mass is 10.0. The summed E-state index contributed by atoms with van der Waals surface area (Å²) < 4.78 is 10.4. The van der Waals surface area contributed by atoms with Gasteiger partial charge in [-0.3, -0.25) is 4.90 Å². The number of likely N-dealkylation sites (N-methyl/N-ethyl adjacent to an activating group) is 1. The summed E-state index contributed by atoms with van der Waals surface area (Å²) in [4.78, 5) is 24.4. The summed E-state index contributed by atoms with van der Waals surface area (Å²) >= 11 is 0. The Bertz CT molecular complexity index is 397. The van der Waals surface area contributed by atoms with E-state index in [-0.39, 0.29) is 6.42 Å². The second-order valence-corrected chi connectivity index (χ2v) is 5.90. The van der Waals surface area contributed by atoms with Crippen molar-refractivity contribution in [1.29, 1.82) is 0 Å². The normalized spacial score (nSPS) is 16.7. The van der Waals surface area contributed by atoms with Gasteiger partial charge in [-0.05, 0) is 39.2 Å². The molecule has 1 N–H and O–H groups in total. The number of rotatable bonds is 4. The third-order valence-electron chi connectivity index (χ3n) is 2.90. The predicted octanol–water partition coefficient (Wildman–Crippen LogP) is 2.39. The van der Waals surface area contributed by atoms with Crippen LogP contribution >= 0.6 is 0 Å². The number of carbonyl (C=O) groups is 2. The van der Waals surface area contributed by atoms with Gasteiger partial charge in [-0.2, -0.15) is 0 Å². The van der Waals surface area contributed by atoms with E-state index in [0.29, 0.717) is 6.61 Å². The SMILES string of the molecule is CN(C(=O)OC(C)(C)C)C(CC1=COCCC1)C(=O)O. The van der Waals surface area contributed by atoms with E-state index >= 15 is 0 Å². The minimum absolute atomic E-state index is 0.255. The summed E-state index contributed by atoms with van der Waals surface area (Å²) in [5.74, 6) is -1.05. The average Bonchev–Trinajstić information content (AvgIpc) is 2.34. The molecule has 6 heteroatoms. The number of hydrogen-bond donors (Lipinski definition) is 1. The fourth-order valence-electron chi connectivity index (χ4n) is 1.87. The van der Waals surface area contributed by atoms with Crippen molar-refractivity contribution in [1.82, 2.24) is 4.90 Å². The summed E-state index contributed by atoms with van der Waals surface area (Å²) in [6.45, 7) is 5.88. The lowest BCUT2D eigenvalue weighted by Gasteiger charge is -2.29. The zero-order chi connectivity index (χ0) is 15.3. The minimum atomic E-state index is -1.05. The van der Waals surface area contributed by atoms with Crippen molar-refractivity contribution in [2.75, 3.05) is 13.7 Å². The molecule has 1 aliphatic heterocycles. The number of hydrogen-bond acceptors (Lipinski definition) is 4. The number of ether oxygens (including phenoxy) is 2. The van der Waals surface area contributed by atoms with Crippen LogP contribution in [0, 0.1) is 0 Å². The zero-order valence-corrected chi connectivity index (χ0v) is 12.5. The molecule has 0 saturated carbocycles. The number of amides is 1. The maximum absolute atomic E-state index is 11.9. The van der Waals surface area contributed by atoms with Crippen molar-refractivity contribution in [3.8, 4) is 0 Å². The topological polar surface area (TPSA) is 76.1 Å². The van der Waals surface area contributed by atoms with Gasteiger partial charge in [-0.25, -0.2) is 9.59 Å². The molecule has 114 valence electrons. The van der Waals surface area contributed by atoms with Crippen LogP contribution in [0.4, 0.5) is 4.79 Å². The molecule has 1 heterocycles. The molecule has 0 bridgehead atoms. The average molecular weight is 285 g/mol. The van der Waals surface area contributed by atoms with E-state index in [1.54, 1.807) is 27.0 Å². The number of nitrogens with zero attached hydrogens (tertiary/aromatic N) is 1. The largest absolute Gasteiger partial charge is 0.501 e. The molecule has 1 rings (SSSR count). The zero-order valence-electron chi connectivity index (χ0n) is 12.5. The van der Waals surface area contributed by atoms with Crippen LogP contribution < -0.4 is 0 Å². The standard InChI is InChI=1S/C14H23NO5/c1-14(2,3)20-13(18)15(4)11(12(16)17)8-10-6-5-7-19-9-10/h9,11H,5-8H2,1-4H3,(H,16,17).